The van der Waals surface area contributed by atoms with Gasteiger partial charge in [-0.05, 0) is 18.8 Å². The summed E-state index contributed by atoms with van der Waals surface area (Å²) in [4.78, 5) is 10.9. The van der Waals surface area contributed by atoms with Gasteiger partial charge in [-0.1, -0.05) is 17.9 Å². The molecule has 0 bridgehead atoms. The van der Waals surface area contributed by atoms with Crippen LogP contribution in [0.15, 0.2) is 0 Å². The molecule has 1 N–H and O–H groups in total. The van der Waals surface area contributed by atoms with Gasteiger partial charge < -0.3 is 4.74 Å². The van der Waals surface area contributed by atoms with E-state index in [1.165, 1.54) is 0 Å². The first-order valence-electron chi connectivity index (χ1n) is 4.77. The van der Waals surface area contributed by atoms with Crippen LogP contribution in [-0.4, -0.2) is 23.1 Å². The normalized spacial score (nSPS) is 17.7. The standard InChI is InChI=1S/C8H12F2O5S/c9-8(10,16-15-14-12)7(11)13-5-6-3-1-2-4-6/h6,12H,1-5H2. The van der Waals surface area contributed by atoms with E-state index in [0.717, 1.165) is 25.7 Å². The summed E-state index contributed by atoms with van der Waals surface area (Å²) in [5.74, 6) is -1.53. The minimum atomic E-state index is -3.89. The maximum atomic E-state index is 12.9. The number of esters is 1. The van der Waals surface area contributed by atoms with Gasteiger partial charge in [-0.15, -0.1) is 4.33 Å². The van der Waals surface area contributed by atoms with Crippen molar-refractivity contribution < 1.29 is 32.9 Å². The number of carbonyl (C=O) groups is 1. The van der Waals surface area contributed by atoms with E-state index in [9.17, 15) is 13.6 Å². The van der Waals surface area contributed by atoms with Crippen LogP contribution in [0.4, 0.5) is 8.78 Å². The second-order valence-electron chi connectivity index (χ2n) is 3.49. The van der Waals surface area contributed by atoms with Gasteiger partial charge in [0.1, 0.15) is 12.0 Å². The largest absolute Gasteiger partial charge is 0.460 e. The van der Waals surface area contributed by atoms with E-state index in [0.29, 0.717) is 0 Å². The third kappa shape index (κ3) is 4.20. The topological polar surface area (TPSA) is 65.0 Å². The monoisotopic (exact) mass is 258 g/mol. The molecule has 0 amide bonds. The second-order valence-corrected chi connectivity index (χ2v) is 4.31. The Morgan fingerprint density at radius 2 is 2.06 bits per heavy atom. The van der Waals surface area contributed by atoms with Gasteiger partial charge in [-0.25, -0.2) is 10.1 Å². The molecule has 0 aromatic heterocycles. The minimum Gasteiger partial charge on any atom is -0.460 e. The van der Waals surface area contributed by atoms with Crippen molar-refractivity contribution in [1.82, 2.24) is 0 Å². The third-order valence-corrected chi connectivity index (χ3v) is 2.84. The predicted molar refractivity (Wildman–Crippen MR) is 50.3 cm³/mol. The zero-order valence-electron chi connectivity index (χ0n) is 8.36. The van der Waals surface area contributed by atoms with Crippen LogP contribution in [0.2, 0.25) is 0 Å². The lowest BCUT2D eigenvalue weighted by atomic mass is 10.1. The van der Waals surface area contributed by atoms with Crippen molar-refractivity contribution in [2.24, 2.45) is 5.92 Å². The summed E-state index contributed by atoms with van der Waals surface area (Å²) < 4.78 is 33.7. The average Bonchev–Trinajstić information content (AvgIpc) is 2.75. The number of halogens is 2. The van der Waals surface area contributed by atoms with Crippen LogP contribution in [-0.2, 0) is 18.9 Å². The Morgan fingerprint density at radius 3 is 2.62 bits per heavy atom. The van der Waals surface area contributed by atoms with E-state index >= 15 is 0 Å². The van der Waals surface area contributed by atoms with Gasteiger partial charge in [0, 0.05) is 0 Å². The van der Waals surface area contributed by atoms with Crippen molar-refractivity contribution in [3.8, 4) is 0 Å². The minimum absolute atomic E-state index is 0.00499. The fraction of sp³-hybridized carbons (Fsp3) is 0.875. The highest BCUT2D eigenvalue weighted by atomic mass is 32.2. The third-order valence-electron chi connectivity index (χ3n) is 2.33. The molecule has 0 aromatic carbocycles. The molecule has 0 radical (unpaired) electrons. The molecule has 1 aliphatic carbocycles. The molecule has 1 saturated carbocycles. The molecular weight excluding hydrogens is 246 g/mol. The smallest absolute Gasteiger partial charge is 0.415 e. The predicted octanol–water partition coefficient (Wildman–Crippen LogP) is 2.38. The lowest BCUT2D eigenvalue weighted by molar-refractivity contribution is -0.433. The molecule has 94 valence electrons. The zero-order valence-corrected chi connectivity index (χ0v) is 9.17. The molecular formula is C8H12F2O5S. The van der Waals surface area contributed by atoms with Crippen LogP contribution in [0, 0.1) is 5.92 Å². The molecule has 0 aromatic rings. The van der Waals surface area contributed by atoms with Gasteiger partial charge in [-0.3, -0.25) is 0 Å². The van der Waals surface area contributed by atoms with Gasteiger partial charge in [0.15, 0.2) is 0 Å². The van der Waals surface area contributed by atoms with E-state index in [4.69, 9.17) is 5.26 Å². The lowest BCUT2D eigenvalue weighted by Crippen LogP contribution is -2.29. The average molecular weight is 258 g/mol. The van der Waals surface area contributed by atoms with Crippen molar-refractivity contribution in [2.75, 3.05) is 6.61 Å². The molecule has 0 atom stereocenters. The van der Waals surface area contributed by atoms with Crippen molar-refractivity contribution in [3.63, 3.8) is 0 Å². The van der Waals surface area contributed by atoms with Crippen LogP contribution in [0.25, 0.3) is 0 Å². The summed E-state index contributed by atoms with van der Waals surface area (Å²) in [7, 11) is 0. The number of hydrogen-bond acceptors (Lipinski definition) is 6. The summed E-state index contributed by atoms with van der Waals surface area (Å²) in [6, 6.07) is 0. The molecule has 0 saturated heterocycles. The Kier molecular flexibility index (Phi) is 5.39. The lowest BCUT2D eigenvalue weighted by Gasteiger charge is -2.14. The number of rotatable bonds is 6. The zero-order chi connectivity index (χ0) is 12.0. The molecule has 1 aliphatic rings. The van der Waals surface area contributed by atoms with Gasteiger partial charge in [0.2, 0.25) is 0 Å². The summed E-state index contributed by atoms with van der Waals surface area (Å²) in [5.41, 5.74) is 0. The van der Waals surface area contributed by atoms with Gasteiger partial charge in [0.05, 0.1) is 6.61 Å². The van der Waals surface area contributed by atoms with Crippen molar-refractivity contribution in [1.29, 1.82) is 0 Å². The molecule has 1 fully saturated rings. The molecule has 8 heteroatoms. The molecule has 0 spiro atoms. The van der Waals surface area contributed by atoms with Crippen LogP contribution in [0.3, 0.4) is 0 Å². The maximum absolute atomic E-state index is 12.9. The van der Waals surface area contributed by atoms with E-state index < -0.39 is 23.3 Å². The van der Waals surface area contributed by atoms with Gasteiger partial charge >= 0.3 is 11.2 Å². The molecule has 1 rings (SSSR count). The van der Waals surface area contributed by atoms with Crippen molar-refractivity contribution >= 4 is 18.0 Å². The first-order chi connectivity index (χ1) is 7.56. The highest BCUT2D eigenvalue weighted by Gasteiger charge is 2.44. The summed E-state index contributed by atoms with van der Waals surface area (Å²) in [5, 5.41) is 6.78. The van der Waals surface area contributed by atoms with Crippen molar-refractivity contribution in [2.45, 2.75) is 30.9 Å². The van der Waals surface area contributed by atoms with Crippen LogP contribution >= 0.6 is 12.0 Å². The Morgan fingerprint density at radius 1 is 1.44 bits per heavy atom. The Balaban J connectivity index is 2.26. The molecule has 0 unspecified atom stereocenters. The summed E-state index contributed by atoms with van der Waals surface area (Å²) in [6.45, 7) is -0.00499. The Hall–Kier alpha value is -0.440. The van der Waals surface area contributed by atoms with Gasteiger partial charge in [-0.2, -0.15) is 8.78 Å². The van der Waals surface area contributed by atoms with Crippen LogP contribution < -0.4 is 0 Å². The van der Waals surface area contributed by atoms with E-state index in [2.05, 4.69) is 14.1 Å². The maximum Gasteiger partial charge on any atom is 0.415 e. The Labute approximate surface area is 95.1 Å². The quantitative estimate of drug-likeness (QED) is 0.341. The fourth-order valence-electron chi connectivity index (χ4n) is 1.55. The van der Waals surface area contributed by atoms with E-state index in [1.807, 2.05) is 0 Å². The Bertz CT molecular complexity index is 232. The summed E-state index contributed by atoms with van der Waals surface area (Å²) in [6.07, 6.45) is 3.86. The fourth-order valence-corrected chi connectivity index (χ4v) is 1.79. The highest BCUT2D eigenvalue weighted by Crippen LogP contribution is 2.32. The first kappa shape index (κ1) is 13.6. The molecule has 16 heavy (non-hydrogen) atoms. The highest BCUT2D eigenvalue weighted by molar-refractivity contribution is 7.96. The number of carbonyl (C=O) groups excluding carboxylic acids is 1. The number of alkyl halides is 2. The van der Waals surface area contributed by atoms with Crippen LogP contribution in [0.5, 0.6) is 0 Å². The van der Waals surface area contributed by atoms with Crippen molar-refractivity contribution in [3.05, 3.63) is 0 Å². The number of ether oxygens (including phenoxy) is 1. The van der Waals surface area contributed by atoms with E-state index in [-0.39, 0.29) is 12.5 Å². The van der Waals surface area contributed by atoms with Crippen LogP contribution in [0.1, 0.15) is 25.7 Å². The SMILES string of the molecule is O=C(OCC1CCCC1)C(F)(F)SOOO. The van der Waals surface area contributed by atoms with Gasteiger partial charge in [0.25, 0.3) is 0 Å². The first-order valence-corrected chi connectivity index (χ1v) is 5.51. The summed E-state index contributed by atoms with van der Waals surface area (Å²) >= 11 is -0.611. The number of hydrogen-bond donors (Lipinski definition) is 1. The van der Waals surface area contributed by atoms with E-state index in [1.54, 1.807) is 0 Å². The molecule has 0 aliphatic heterocycles. The molecule has 0 heterocycles. The molecule has 5 nitrogen and oxygen atoms in total. The second kappa shape index (κ2) is 6.33.